The Labute approximate surface area is 168 Å². The molecule has 1 aliphatic heterocycles. The lowest BCUT2D eigenvalue weighted by atomic mass is 10.2. The predicted molar refractivity (Wildman–Crippen MR) is 108 cm³/mol. The first-order valence-electron chi connectivity index (χ1n) is 8.92. The van der Waals surface area contributed by atoms with Crippen molar-refractivity contribution in [2.75, 3.05) is 33.1 Å². The SMILES string of the molecule is CCn1c(-c2ccc(OC)cc2)nn(C[NH+]2CCS[C@@H](C(=O)OC)C2)c1=S. The summed E-state index contributed by atoms with van der Waals surface area (Å²) in [6.45, 7) is 5.14. The van der Waals surface area contributed by atoms with Gasteiger partial charge in [-0.15, -0.1) is 16.9 Å². The molecular formula is C18H25N4O3S2+. The van der Waals surface area contributed by atoms with Gasteiger partial charge in [0, 0.05) is 17.9 Å². The minimum atomic E-state index is -0.154. The maximum atomic E-state index is 11.9. The summed E-state index contributed by atoms with van der Waals surface area (Å²) in [4.78, 5) is 13.1. The molecule has 1 aromatic heterocycles. The second-order valence-corrected chi connectivity index (χ2v) is 8.00. The number of thioether (sulfide) groups is 1. The van der Waals surface area contributed by atoms with Gasteiger partial charge in [-0.25, -0.2) is 0 Å². The second-order valence-electron chi connectivity index (χ2n) is 6.32. The van der Waals surface area contributed by atoms with E-state index in [4.69, 9.17) is 26.8 Å². The Morgan fingerprint density at radius 1 is 1.37 bits per heavy atom. The molecule has 27 heavy (non-hydrogen) atoms. The van der Waals surface area contributed by atoms with Crippen molar-refractivity contribution in [3.05, 3.63) is 29.0 Å². The summed E-state index contributed by atoms with van der Waals surface area (Å²) >= 11 is 7.32. The fourth-order valence-corrected chi connectivity index (χ4v) is 4.79. The Bertz CT molecular complexity index is 847. The lowest BCUT2D eigenvalue weighted by Crippen LogP contribution is -3.14. The average molecular weight is 410 g/mol. The van der Waals surface area contributed by atoms with Crippen molar-refractivity contribution in [3.8, 4) is 17.1 Å². The zero-order valence-corrected chi connectivity index (χ0v) is 17.4. The molecule has 0 spiro atoms. The van der Waals surface area contributed by atoms with Crippen molar-refractivity contribution in [3.63, 3.8) is 0 Å². The molecule has 3 rings (SSSR count). The van der Waals surface area contributed by atoms with Crippen molar-refractivity contribution in [1.29, 1.82) is 0 Å². The number of ether oxygens (including phenoxy) is 2. The number of hydrogen-bond donors (Lipinski definition) is 1. The van der Waals surface area contributed by atoms with Crippen LogP contribution in [0.4, 0.5) is 0 Å². The van der Waals surface area contributed by atoms with E-state index >= 15 is 0 Å². The average Bonchev–Trinajstić information content (AvgIpc) is 3.03. The van der Waals surface area contributed by atoms with Gasteiger partial charge < -0.3 is 18.9 Å². The number of carbonyl (C=O) groups excluding carboxylic acids is 1. The van der Waals surface area contributed by atoms with Gasteiger partial charge in [0.1, 0.15) is 12.3 Å². The molecule has 0 radical (unpaired) electrons. The Morgan fingerprint density at radius 2 is 2.11 bits per heavy atom. The van der Waals surface area contributed by atoms with Crippen LogP contribution in [0.3, 0.4) is 0 Å². The summed E-state index contributed by atoms with van der Waals surface area (Å²) < 4.78 is 14.7. The zero-order chi connectivity index (χ0) is 19.4. The zero-order valence-electron chi connectivity index (χ0n) is 15.8. The first-order chi connectivity index (χ1) is 13.1. The van der Waals surface area contributed by atoms with Gasteiger partial charge in [0.15, 0.2) is 17.7 Å². The van der Waals surface area contributed by atoms with Crippen molar-refractivity contribution < 1.29 is 19.2 Å². The number of aromatic nitrogens is 3. The number of benzene rings is 1. The first kappa shape index (κ1) is 19.9. The number of carbonyl (C=O) groups is 1. The summed E-state index contributed by atoms with van der Waals surface area (Å²) in [5.41, 5.74) is 0.999. The molecule has 1 aliphatic rings. The maximum absolute atomic E-state index is 11.9. The van der Waals surface area contributed by atoms with Gasteiger partial charge in [0.25, 0.3) is 0 Å². The van der Waals surface area contributed by atoms with Crippen molar-refractivity contribution in [2.24, 2.45) is 0 Å². The summed E-state index contributed by atoms with van der Waals surface area (Å²) in [6, 6.07) is 7.82. The number of esters is 1. The molecule has 0 amide bonds. The molecular weight excluding hydrogens is 384 g/mol. The Hall–Kier alpha value is -1.84. The second kappa shape index (κ2) is 8.90. The number of quaternary nitrogens is 1. The van der Waals surface area contributed by atoms with Crippen molar-refractivity contribution >= 4 is 29.9 Å². The third-order valence-electron chi connectivity index (χ3n) is 4.67. The number of hydrogen-bond acceptors (Lipinski definition) is 6. The lowest BCUT2D eigenvalue weighted by Gasteiger charge is -2.27. The highest BCUT2D eigenvalue weighted by Crippen LogP contribution is 2.21. The molecule has 1 saturated heterocycles. The number of methoxy groups -OCH3 is 2. The Balaban J connectivity index is 1.83. The molecule has 0 aliphatic carbocycles. The van der Waals surface area contributed by atoms with Crippen LogP contribution >= 0.6 is 24.0 Å². The van der Waals surface area contributed by atoms with Gasteiger partial charge in [-0.2, -0.15) is 4.68 Å². The summed E-state index contributed by atoms with van der Waals surface area (Å²) in [6.07, 6.45) is 0. The van der Waals surface area contributed by atoms with Crippen LogP contribution in [0.1, 0.15) is 6.92 Å². The number of nitrogens with zero attached hydrogens (tertiary/aromatic N) is 3. The van der Waals surface area contributed by atoms with E-state index in [0.29, 0.717) is 11.4 Å². The molecule has 2 heterocycles. The van der Waals surface area contributed by atoms with Gasteiger partial charge in [-0.05, 0) is 43.4 Å². The molecule has 146 valence electrons. The molecule has 7 nitrogen and oxygen atoms in total. The topological polar surface area (TPSA) is 62.7 Å². The van der Waals surface area contributed by atoms with E-state index in [-0.39, 0.29) is 11.2 Å². The molecule has 2 aromatic rings. The van der Waals surface area contributed by atoms with E-state index in [1.54, 1.807) is 18.9 Å². The van der Waals surface area contributed by atoms with Crippen molar-refractivity contribution in [1.82, 2.24) is 14.3 Å². The van der Waals surface area contributed by atoms with Gasteiger partial charge >= 0.3 is 5.97 Å². The lowest BCUT2D eigenvalue weighted by molar-refractivity contribution is -0.921. The summed E-state index contributed by atoms with van der Waals surface area (Å²) in [5, 5.41) is 4.66. The van der Waals surface area contributed by atoms with E-state index in [9.17, 15) is 4.79 Å². The minimum absolute atomic E-state index is 0.123. The third-order valence-corrected chi connectivity index (χ3v) is 6.31. The smallest absolute Gasteiger partial charge is 0.324 e. The van der Waals surface area contributed by atoms with E-state index < -0.39 is 0 Å². The highest BCUT2D eigenvalue weighted by Gasteiger charge is 2.30. The van der Waals surface area contributed by atoms with Gasteiger partial charge in [0.2, 0.25) is 4.77 Å². The molecule has 0 bridgehead atoms. The molecule has 9 heteroatoms. The standard InChI is InChI=1S/C18H24N4O3S2/c1-4-21-16(13-5-7-14(24-2)8-6-13)19-22(18(21)26)12-20-9-10-27-15(11-20)17(23)25-3/h5-8,15H,4,9-12H2,1-3H3/p+1/t15-/m1/s1. The van der Waals surface area contributed by atoms with Gasteiger partial charge in [-0.1, -0.05) is 0 Å². The minimum Gasteiger partial charge on any atom is -0.497 e. The first-order valence-corrected chi connectivity index (χ1v) is 10.4. The van der Waals surface area contributed by atoms with Crippen LogP contribution in [-0.2, 0) is 22.7 Å². The normalized spacial score (nSPS) is 19.7. The van der Waals surface area contributed by atoms with Crippen LogP contribution in [0, 0.1) is 4.77 Å². The van der Waals surface area contributed by atoms with Gasteiger partial charge in [-0.3, -0.25) is 4.79 Å². The van der Waals surface area contributed by atoms with Crippen LogP contribution < -0.4 is 9.64 Å². The van der Waals surface area contributed by atoms with Crippen LogP contribution in [0.25, 0.3) is 11.4 Å². The van der Waals surface area contributed by atoms with Crippen molar-refractivity contribution in [2.45, 2.75) is 25.4 Å². The quantitative estimate of drug-likeness (QED) is 0.572. The number of nitrogens with one attached hydrogen (secondary N) is 1. The molecule has 2 atom stereocenters. The Morgan fingerprint density at radius 3 is 2.74 bits per heavy atom. The fraction of sp³-hybridized carbons (Fsp3) is 0.500. The Kier molecular flexibility index (Phi) is 6.56. The molecule has 1 aromatic carbocycles. The van der Waals surface area contributed by atoms with Crippen LogP contribution in [0.2, 0.25) is 0 Å². The molecule has 1 fully saturated rings. The fourth-order valence-electron chi connectivity index (χ4n) is 3.19. The van der Waals surface area contributed by atoms with Crippen LogP contribution in [0.5, 0.6) is 5.75 Å². The van der Waals surface area contributed by atoms with E-state index in [1.165, 1.54) is 12.0 Å². The highest BCUT2D eigenvalue weighted by atomic mass is 32.2. The van der Waals surface area contributed by atoms with Crippen LogP contribution in [-0.4, -0.2) is 58.6 Å². The third kappa shape index (κ3) is 4.36. The van der Waals surface area contributed by atoms with E-state index in [1.807, 2.05) is 33.5 Å². The summed E-state index contributed by atoms with van der Waals surface area (Å²) in [5.74, 6) is 2.42. The van der Waals surface area contributed by atoms with Crippen LogP contribution in [0.15, 0.2) is 24.3 Å². The summed E-state index contributed by atoms with van der Waals surface area (Å²) in [7, 11) is 3.09. The predicted octanol–water partition coefficient (Wildman–Crippen LogP) is 1.24. The molecule has 1 unspecified atom stereocenters. The largest absolute Gasteiger partial charge is 0.497 e. The van der Waals surface area contributed by atoms with E-state index in [2.05, 4.69) is 6.92 Å². The molecule has 0 saturated carbocycles. The monoisotopic (exact) mass is 409 g/mol. The number of rotatable bonds is 6. The van der Waals surface area contributed by atoms with Gasteiger partial charge in [0.05, 0.1) is 20.8 Å². The maximum Gasteiger partial charge on any atom is 0.324 e. The molecule has 1 N–H and O–H groups in total. The highest BCUT2D eigenvalue weighted by molar-refractivity contribution is 8.00. The van der Waals surface area contributed by atoms with E-state index in [0.717, 1.165) is 42.5 Å².